The number of anilines is 1. The molecule has 0 aliphatic carbocycles. The maximum Gasteiger partial charge on any atom is 0.422 e. The number of amides is 2. The SMILES string of the molecule is NC(=O)C1CCN(CCc2ccc(NC(=O)c3ccc(OCC(F)(F)F)nc3)cc2)CC1. The molecule has 2 amide bonds. The first kappa shape index (κ1) is 23.5. The van der Waals surface area contributed by atoms with E-state index < -0.39 is 18.7 Å². The number of aromatic nitrogens is 1. The Morgan fingerprint density at radius 1 is 1.12 bits per heavy atom. The van der Waals surface area contributed by atoms with Crippen molar-refractivity contribution in [3.8, 4) is 5.88 Å². The second-order valence-corrected chi connectivity index (χ2v) is 7.71. The molecule has 172 valence electrons. The summed E-state index contributed by atoms with van der Waals surface area (Å²) in [5, 5.41) is 2.73. The number of likely N-dealkylation sites (tertiary alicyclic amines) is 1. The van der Waals surface area contributed by atoms with Gasteiger partial charge in [0.05, 0.1) is 5.56 Å². The zero-order valence-electron chi connectivity index (χ0n) is 17.4. The van der Waals surface area contributed by atoms with Gasteiger partial charge in [0.25, 0.3) is 5.91 Å². The molecule has 0 radical (unpaired) electrons. The summed E-state index contributed by atoms with van der Waals surface area (Å²) < 4.78 is 41.0. The van der Waals surface area contributed by atoms with Gasteiger partial charge in [-0.2, -0.15) is 13.2 Å². The largest absolute Gasteiger partial charge is 0.468 e. The summed E-state index contributed by atoms with van der Waals surface area (Å²) >= 11 is 0. The van der Waals surface area contributed by atoms with E-state index in [0.717, 1.165) is 50.7 Å². The molecule has 1 saturated heterocycles. The van der Waals surface area contributed by atoms with Gasteiger partial charge in [-0.3, -0.25) is 9.59 Å². The number of ether oxygens (including phenoxy) is 1. The Labute approximate surface area is 183 Å². The summed E-state index contributed by atoms with van der Waals surface area (Å²) in [6.45, 7) is 1.15. The quantitative estimate of drug-likeness (QED) is 0.645. The topological polar surface area (TPSA) is 97.6 Å². The van der Waals surface area contributed by atoms with E-state index in [2.05, 4.69) is 19.9 Å². The van der Waals surface area contributed by atoms with Crippen LogP contribution in [-0.4, -0.2) is 54.1 Å². The fourth-order valence-corrected chi connectivity index (χ4v) is 3.44. The van der Waals surface area contributed by atoms with Gasteiger partial charge in [0, 0.05) is 30.4 Å². The molecular weight excluding hydrogens is 425 g/mol. The number of nitrogens with two attached hydrogens (primary N) is 1. The number of alkyl halides is 3. The fraction of sp³-hybridized carbons (Fsp3) is 0.409. The molecule has 32 heavy (non-hydrogen) atoms. The third-order valence-corrected chi connectivity index (χ3v) is 5.30. The Balaban J connectivity index is 1.45. The van der Waals surface area contributed by atoms with Gasteiger partial charge in [-0.25, -0.2) is 4.98 Å². The van der Waals surface area contributed by atoms with Crippen molar-refractivity contribution in [2.75, 3.05) is 31.6 Å². The Kier molecular flexibility index (Phi) is 7.68. The number of benzene rings is 1. The highest BCUT2D eigenvalue weighted by Crippen LogP contribution is 2.19. The first-order valence-electron chi connectivity index (χ1n) is 10.3. The number of hydrogen-bond acceptors (Lipinski definition) is 5. The van der Waals surface area contributed by atoms with Gasteiger partial charge in [0.2, 0.25) is 11.8 Å². The molecule has 0 saturated carbocycles. The average Bonchev–Trinajstić information content (AvgIpc) is 2.77. The molecule has 3 rings (SSSR count). The van der Waals surface area contributed by atoms with Crippen LogP contribution in [0.5, 0.6) is 5.88 Å². The van der Waals surface area contributed by atoms with Gasteiger partial charge in [0.15, 0.2) is 6.61 Å². The number of carbonyl (C=O) groups excluding carboxylic acids is 2. The van der Waals surface area contributed by atoms with Crippen LogP contribution in [0, 0.1) is 5.92 Å². The van der Waals surface area contributed by atoms with Crippen molar-refractivity contribution in [3.63, 3.8) is 0 Å². The summed E-state index contributed by atoms with van der Waals surface area (Å²) in [5.41, 5.74) is 7.28. The smallest absolute Gasteiger partial charge is 0.422 e. The number of rotatable bonds is 8. The number of primary amides is 1. The Morgan fingerprint density at radius 3 is 2.38 bits per heavy atom. The van der Waals surface area contributed by atoms with E-state index in [1.807, 2.05) is 12.1 Å². The monoisotopic (exact) mass is 450 g/mol. The van der Waals surface area contributed by atoms with Crippen LogP contribution in [0.2, 0.25) is 0 Å². The lowest BCUT2D eigenvalue weighted by Crippen LogP contribution is -2.39. The van der Waals surface area contributed by atoms with Crippen molar-refractivity contribution in [2.24, 2.45) is 11.7 Å². The maximum absolute atomic E-state index is 12.3. The third kappa shape index (κ3) is 7.23. The Bertz CT molecular complexity index is 910. The van der Waals surface area contributed by atoms with Crippen molar-refractivity contribution in [3.05, 3.63) is 53.7 Å². The van der Waals surface area contributed by atoms with Crippen molar-refractivity contribution in [1.82, 2.24) is 9.88 Å². The van der Waals surface area contributed by atoms with Crippen LogP contribution in [0.4, 0.5) is 18.9 Å². The Hall–Kier alpha value is -3.14. The zero-order valence-corrected chi connectivity index (χ0v) is 17.4. The molecule has 7 nitrogen and oxygen atoms in total. The number of nitrogens with one attached hydrogen (secondary N) is 1. The molecular formula is C22H25F3N4O3. The molecule has 10 heteroatoms. The van der Waals surface area contributed by atoms with Crippen LogP contribution in [0.25, 0.3) is 0 Å². The minimum absolute atomic E-state index is 0.0204. The van der Waals surface area contributed by atoms with E-state index in [4.69, 9.17) is 5.73 Å². The summed E-state index contributed by atoms with van der Waals surface area (Å²) in [7, 11) is 0. The van der Waals surface area contributed by atoms with Crippen molar-refractivity contribution < 1.29 is 27.5 Å². The molecule has 0 bridgehead atoms. The summed E-state index contributed by atoms with van der Waals surface area (Å²) in [5.74, 6) is -0.871. The molecule has 0 unspecified atom stereocenters. The van der Waals surface area contributed by atoms with E-state index >= 15 is 0 Å². The molecule has 0 atom stereocenters. The van der Waals surface area contributed by atoms with E-state index in [-0.39, 0.29) is 23.3 Å². The highest BCUT2D eigenvalue weighted by atomic mass is 19.4. The number of nitrogens with zero attached hydrogens (tertiary/aromatic N) is 2. The summed E-state index contributed by atoms with van der Waals surface area (Å²) in [6, 6.07) is 10.0. The second-order valence-electron chi connectivity index (χ2n) is 7.71. The standard InChI is InChI=1S/C22H25F3N4O3/c23-22(24,25)14-32-19-6-3-17(13-27-19)21(31)28-18-4-1-15(2-5-18)7-10-29-11-8-16(9-12-29)20(26)30/h1-6,13,16H,7-12,14H2,(H2,26,30)(H,28,31). The molecule has 1 aliphatic rings. The molecule has 0 spiro atoms. The first-order chi connectivity index (χ1) is 15.2. The molecule has 1 fully saturated rings. The molecule has 1 aliphatic heterocycles. The predicted octanol–water partition coefficient (Wildman–Crippen LogP) is 3.01. The highest BCUT2D eigenvalue weighted by Gasteiger charge is 2.28. The van der Waals surface area contributed by atoms with Gasteiger partial charge in [0.1, 0.15) is 0 Å². The molecule has 3 N–H and O–H groups in total. The lowest BCUT2D eigenvalue weighted by molar-refractivity contribution is -0.154. The van der Waals surface area contributed by atoms with Crippen LogP contribution < -0.4 is 15.8 Å². The van der Waals surface area contributed by atoms with E-state index in [0.29, 0.717) is 5.69 Å². The van der Waals surface area contributed by atoms with E-state index in [1.54, 1.807) is 12.1 Å². The van der Waals surface area contributed by atoms with Crippen LogP contribution in [0.15, 0.2) is 42.6 Å². The number of pyridine rings is 1. The lowest BCUT2D eigenvalue weighted by Gasteiger charge is -2.30. The molecule has 2 aromatic rings. The zero-order chi connectivity index (χ0) is 23.1. The number of hydrogen-bond donors (Lipinski definition) is 2. The van der Waals surface area contributed by atoms with Crippen molar-refractivity contribution in [2.45, 2.75) is 25.4 Å². The molecule has 1 aromatic heterocycles. The Morgan fingerprint density at radius 2 is 1.81 bits per heavy atom. The maximum atomic E-state index is 12.3. The number of piperidine rings is 1. The van der Waals surface area contributed by atoms with Gasteiger partial charge >= 0.3 is 6.18 Å². The van der Waals surface area contributed by atoms with Gasteiger partial charge in [-0.05, 0) is 56.1 Å². The summed E-state index contributed by atoms with van der Waals surface area (Å²) in [4.78, 5) is 29.6. The van der Waals surface area contributed by atoms with Crippen LogP contribution in [-0.2, 0) is 11.2 Å². The fourth-order valence-electron chi connectivity index (χ4n) is 3.44. The van der Waals surface area contributed by atoms with Gasteiger partial charge in [-0.15, -0.1) is 0 Å². The average molecular weight is 450 g/mol. The molecule has 1 aromatic carbocycles. The van der Waals surface area contributed by atoms with Crippen molar-refractivity contribution in [1.29, 1.82) is 0 Å². The minimum atomic E-state index is -4.45. The van der Waals surface area contributed by atoms with Gasteiger partial charge in [-0.1, -0.05) is 12.1 Å². The predicted molar refractivity (Wildman–Crippen MR) is 112 cm³/mol. The minimum Gasteiger partial charge on any atom is -0.468 e. The third-order valence-electron chi connectivity index (χ3n) is 5.30. The normalized spacial score (nSPS) is 15.3. The van der Waals surface area contributed by atoms with Gasteiger partial charge < -0.3 is 20.7 Å². The highest BCUT2D eigenvalue weighted by molar-refractivity contribution is 6.04. The van der Waals surface area contributed by atoms with E-state index in [1.165, 1.54) is 12.1 Å². The lowest BCUT2D eigenvalue weighted by atomic mass is 9.96. The second kappa shape index (κ2) is 10.4. The van der Waals surface area contributed by atoms with Crippen LogP contribution in [0.1, 0.15) is 28.8 Å². The van der Waals surface area contributed by atoms with E-state index in [9.17, 15) is 22.8 Å². The van der Waals surface area contributed by atoms with Crippen LogP contribution in [0.3, 0.4) is 0 Å². The molecule has 2 heterocycles. The first-order valence-corrected chi connectivity index (χ1v) is 10.3. The van der Waals surface area contributed by atoms with Crippen LogP contribution >= 0.6 is 0 Å². The number of halogens is 3. The number of carbonyl (C=O) groups is 2. The van der Waals surface area contributed by atoms with Crippen molar-refractivity contribution >= 4 is 17.5 Å². The summed E-state index contributed by atoms with van der Waals surface area (Å²) in [6.07, 6.45) is -0.851.